The van der Waals surface area contributed by atoms with Gasteiger partial charge in [0.25, 0.3) is 0 Å². The highest BCUT2D eigenvalue weighted by atomic mass is 16.4. The summed E-state index contributed by atoms with van der Waals surface area (Å²) in [5.41, 5.74) is 2.58. The van der Waals surface area contributed by atoms with E-state index < -0.39 is 11.6 Å². The first-order valence-corrected chi connectivity index (χ1v) is 10.1. The zero-order valence-electron chi connectivity index (χ0n) is 15.9. The minimum absolute atomic E-state index is 0.0192. The van der Waals surface area contributed by atoms with Gasteiger partial charge in [0.15, 0.2) is 0 Å². The number of carbonyl (C=O) groups excluding carboxylic acids is 1. The molecule has 1 saturated carbocycles. The molecule has 0 unspecified atom stereocenters. The molecule has 0 saturated heterocycles. The number of aromatic nitrogens is 1. The van der Waals surface area contributed by atoms with Crippen molar-refractivity contribution in [1.29, 1.82) is 0 Å². The summed E-state index contributed by atoms with van der Waals surface area (Å²) in [7, 11) is 0. The van der Waals surface area contributed by atoms with E-state index in [4.69, 9.17) is 10.1 Å². The zero-order valence-corrected chi connectivity index (χ0v) is 15.9. The van der Waals surface area contributed by atoms with Crippen molar-refractivity contribution in [3.05, 3.63) is 29.1 Å². The molecule has 3 rings (SSSR count). The Morgan fingerprint density at radius 2 is 1.93 bits per heavy atom. The fraction of sp³-hybridized carbons (Fsp3) is 0.667. The van der Waals surface area contributed by atoms with Crippen molar-refractivity contribution in [1.82, 2.24) is 10.3 Å². The molecule has 0 bridgehead atoms. The van der Waals surface area contributed by atoms with Crippen molar-refractivity contribution in [3.8, 4) is 0 Å². The van der Waals surface area contributed by atoms with Gasteiger partial charge in [0.1, 0.15) is 0 Å². The molecule has 148 valence electrons. The topological polar surface area (TPSA) is 99.5 Å². The number of hydrogen-bond acceptors (Lipinski definition) is 4. The minimum atomic E-state index is -1.15. The lowest BCUT2D eigenvalue weighted by Crippen LogP contribution is -2.41. The number of aliphatic carboxylic acids is 1. The van der Waals surface area contributed by atoms with Gasteiger partial charge in [-0.05, 0) is 75.8 Å². The maximum atomic E-state index is 12.3. The van der Waals surface area contributed by atoms with Crippen LogP contribution < -0.4 is 5.32 Å². The first kappa shape index (κ1) is 19.8. The molecule has 1 heterocycles. The number of fused-ring (bicyclic) bond motifs is 1. The third kappa shape index (κ3) is 5.51. The van der Waals surface area contributed by atoms with Gasteiger partial charge in [-0.2, -0.15) is 0 Å². The summed E-state index contributed by atoms with van der Waals surface area (Å²) in [4.78, 5) is 27.9. The van der Waals surface area contributed by atoms with Crippen LogP contribution in [0.2, 0.25) is 0 Å². The third-order valence-electron chi connectivity index (χ3n) is 5.91. The molecular weight excluding hydrogens is 344 g/mol. The van der Waals surface area contributed by atoms with Crippen molar-refractivity contribution in [2.45, 2.75) is 76.2 Å². The maximum Gasteiger partial charge on any atom is 0.306 e. The standard InChI is InChI=1S/C21H30N2O4/c24-19(25)14-21(27)11-9-16(10-12-21)20(26)22-13-3-5-17-8-7-15-4-1-2-6-18(15)23-17/h7-8,16,27H,1-6,9-14H2,(H,22,26)(H,24,25). The van der Waals surface area contributed by atoms with Crippen LogP contribution in [0.4, 0.5) is 0 Å². The van der Waals surface area contributed by atoms with Crippen LogP contribution in [-0.4, -0.2) is 39.2 Å². The first-order chi connectivity index (χ1) is 13.0. The lowest BCUT2D eigenvalue weighted by atomic mass is 9.77. The van der Waals surface area contributed by atoms with Crippen molar-refractivity contribution in [2.75, 3.05) is 6.54 Å². The van der Waals surface area contributed by atoms with Crippen LogP contribution in [0.3, 0.4) is 0 Å². The molecule has 1 amide bonds. The average molecular weight is 374 g/mol. The van der Waals surface area contributed by atoms with Crippen LogP contribution in [0.1, 0.15) is 68.3 Å². The number of hydrogen-bond donors (Lipinski definition) is 3. The predicted molar refractivity (Wildman–Crippen MR) is 101 cm³/mol. The fourth-order valence-electron chi connectivity index (χ4n) is 4.27. The van der Waals surface area contributed by atoms with E-state index in [1.807, 2.05) is 0 Å². The van der Waals surface area contributed by atoms with E-state index in [1.54, 1.807) is 0 Å². The van der Waals surface area contributed by atoms with Gasteiger partial charge < -0.3 is 15.5 Å². The van der Waals surface area contributed by atoms with Gasteiger partial charge >= 0.3 is 5.97 Å². The van der Waals surface area contributed by atoms with E-state index in [0.717, 1.165) is 31.4 Å². The molecule has 1 aromatic rings. The molecule has 2 aliphatic carbocycles. The van der Waals surface area contributed by atoms with Crippen LogP contribution >= 0.6 is 0 Å². The van der Waals surface area contributed by atoms with E-state index in [-0.39, 0.29) is 18.2 Å². The van der Waals surface area contributed by atoms with E-state index in [0.29, 0.717) is 32.2 Å². The molecule has 3 N–H and O–H groups in total. The SMILES string of the molecule is O=C(O)CC1(O)CCC(C(=O)NCCCc2ccc3c(n2)CCCC3)CC1. The van der Waals surface area contributed by atoms with Crippen LogP contribution in [0, 0.1) is 5.92 Å². The number of nitrogens with zero attached hydrogens (tertiary/aromatic N) is 1. The number of rotatable bonds is 7. The summed E-state index contributed by atoms with van der Waals surface area (Å²) in [5, 5.41) is 22.1. The van der Waals surface area contributed by atoms with E-state index >= 15 is 0 Å². The average Bonchev–Trinajstić information content (AvgIpc) is 2.64. The normalized spacial score (nSPS) is 24.9. The second kappa shape index (κ2) is 8.83. The number of carboxylic acids is 1. The van der Waals surface area contributed by atoms with Gasteiger partial charge in [-0.1, -0.05) is 6.07 Å². The number of carboxylic acid groups (broad SMARTS) is 1. The van der Waals surface area contributed by atoms with Crippen molar-refractivity contribution in [3.63, 3.8) is 0 Å². The number of aryl methyl sites for hydroxylation is 3. The minimum Gasteiger partial charge on any atom is -0.481 e. The molecule has 0 spiro atoms. The Hall–Kier alpha value is -1.95. The highest BCUT2D eigenvalue weighted by molar-refractivity contribution is 5.78. The Morgan fingerprint density at radius 1 is 1.19 bits per heavy atom. The predicted octanol–water partition coefficient (Wildman–Crippen LogP) is 2.41. The molecule has 0 radical (unpaired) electrons. The van der Waals surface area contributed by atoms with Crippen molar-refractivity contribution >= 4 is 11.9 Å². The molecule has 0 atom stereocenters. The van der Waals surface area contributed by atoms with Gasteiger partial charge in [0, 0.05) is 23.9 Å². The zero-order chi connectivity index (χ0) is 19.3. The molecule has 27 heavy (non-hydrogen) atoms. The van der Waals surface area contributed by atoms with E-state index in [2.05, 4.69) is 17.4 Å². The molecule has 1 aromatic heterocycles. The summed E-state index contributed by atoms with van der Waals surface area (Å²) in [5.74, 6) is -1.09. The highest BCUT2D eigenvalue weighted by Crippen LogP contribution is 2.34. The van der Waals surface area contributed by atoms with Crippen LogP contribution in [0.15, 0.2) is 12.1 Å². The summed E-state index contributed by atoms with van der Waals surface area (Å²) in [6.07, 6.45) is 8.00. The molecule has 0 aliphatic heterocycles. The second-order valence-electron chi connectivity index (χ2n) is 8.08. The summed E-state index contributed by atoms with van der Waals surface area (Å²) in [6, 6.07) is 4.31. The maximum absolute atomic E-state index is 12.3. The van der Waals surface area contributed by atoms with E-state index in [1.165, 1.54) is 24.1 Å². The van der Waals surface area contributed by atoms with Gasteiger partial charge in [-0.25, -0.2) is 0 Å². The molecule has 2 aliphatic rings. The van der Waals surface area contributed by atoms with Gasteiger partial charge in [0.05, 0.1) is 12.0 Å². The Kier molecular flexibility index (Phi) is 6.47. The molecule has 6 heteroatoms. The van der Waals surface area contributed by atoms with E-state index in [9.17, 15) is 14.7 Å². The number of aliphatic hydroxyl groups is 1. The van der Waals surface area contributed by atoms with Gasteiger partial charge in [0.2, 0.25) is 5.91 Å². The molecule has 1 fully saturated rings. The summed E-state index contributed by atoms with van der Waals surface area (Å²) >= 11 is 0. The summed E-state index contributed by atoms with van der Waals surface area (Å²) in [6.45, 7) is 0.619. The second-order valence-corrected chi connectivity index (χ2v) is 8.08. The smallest absolute Gasteiger partial charge is 0.306 e. The highest BCUT2D eigenvalue weighted by Gasteiger charge is 2.37. The Labute approximate surface area is 160 Å². The number of carbonyl (C=O) groups is 2. The number of nitrogens with one attached hydrogen (secondary N) is 1. The molecule has 0 aromatic carbocycles. The van der Waals surface area contributed by atoms with Crippen LogP contribution in [-0.2, 0) is 28.9 Å². The lowest BCUT2D eigenvalue weighted by molar-refractivity contribution is -0.144. The summed E-state index contributed by atoms with van der Waals surface area (Å²) < 4.78 is 0. The molecule has 6 nitrogen and oxygen atoms in total. The van der Waals surface area contributed by atoms with Crippen LogP contribution in [0.25, 0.3) is 0 Å². The Morgan fingerprint density at radius 3 is 2.67 bits per heavy atom. The molecular formula is C21H30N2O4. The largest absolute Gasteiger partial charge is 0.481 e. The quantitative estimate of drug-likeness (QED) is 0.637. The monoisotopic (exact) mass is 374 g/mol. The number of amides is 1. The lowest BCUT2D eigenvalue weighted by Gasteiger charge is -2.34. The first-order valence-electron chi connectivity index (χ1n) is 10.1. The van der Waals surface area contributed by atoms with Crippen LogP contribution in [0.5, 0.6) is 0 Å². The van der Waals surface area contributed by atoms with Gasteiger partial charge in [-0.3, -0.25) is 14.6 Å². The fourth-order valence-corrected chi connectivity index (χ4v) is 4.27. The third-order valence-corrected chi connectivity index (χ3v) is 5.91. The number of pyridine rings is 1. The van der Waals surface area contributed by atoms with Crippen molar-refractivity contribution < 1.29 is 19.8 Å². The van der Waals surface area contributed by atoms with Gasteiger partial charge in [-0.15, -0.1) is 0 Å². The Balaban J connectivity index is 1.37. The van der Waals surface area contributed by atoms with Crippen molar-refractivity contribution in [2.24, 2.45) is 5.92 Å². The Bertz CT molecular complexity index is 681.